The molecule has 5 rings (SSSR count). The number of Topliss-reactive ketones (excluding diaryl/α,β-unsaturated/α-hetero) is 1. The number of ketones is 1. The number of hydrogen-bond donors (Lipinski definition) is 1. The number of halogens is 2. The van der Waals surface area contributed by atoms with Gasteiger partial charge in [0.1, 0.15) is 5.82 Å². The Hall–Kier alpha value is -3.87. The van der Waals surface area contributed by atoms with E-state index in [-0.39, 0.29) is 23.3 Å². The predicted octanol–water partition coefficient (Wildman–Crippen LogP) is 7.74. The van der Waals surface area contributed by atoms with Crippen molar-refractivity contribution < 1.29 is 9.59 Å². The monoisotopic (exact) mass is 572 g/mol. The molecule has 2 aromatic heterocycles. The number of para-hydroxylation sites is 2. The van der Waals surface area contributed by atoms with Crippen LogP contribution in [0.4, 0.5) is 0 Å². The molecule has 0 aliphatic carbocycles. The lowest BCUT2D eigenvalue weighted by Gasteiger charge is -2.17. The molecule has 1 amide bonds. The molecule has 1 N–H and O–H groups in total. The van der Waals surface area contributed by atoms with Crippen molar-refractivity contribution in [3.05, 3.63) is 116 Å². The highest BCUT2D eigenvalue weighted by Gasteiger charge is 2.24. The van der Waals surface area contributed by atoms with Gasteiger partial charge in [-0.25, -0.2) is 4.98 Å². The Morgan fingerprint density at radius 1 is 0.900 bits per heavy atom. The second-order valence-corrected chi connectivity index (χ2v) is 11.0. The maximum Gasteiger partial charge on any atom is 0.253 e. The number of hydrogen-bond acceptors (Lipinski definition) is 3. The summed E-state index contributed by atoms with van der Waals surface area (Å²) in [6, 6.07) is 20.2. The van der Waals surface area contributed by atoms with Gasteiger partial charge in [-0.3, -0.25) is 9.59 Å². The number of benzene rings is 3. The third-order valence-corrected chi connectivity index (χ3v) is 7.92. The zero-order chi connectivity index (χ0) is 28.7. The minimum absolute atomic E-state index is 0.0353. The Morgan fingerprint density at radius 3 is 2.38 bits per heavy atom. The van der Waals surface area contributed by atoms with Crippen molar-refractivity contribution in [2.24, 2.45) is 0 Å². The molecule has 0 aliphatic heterocycles. The zero-order valence-electron chi connectivity index (χ0n) is 23.0. The summed E-state index contributed by atoms with van der Waals surface area (Å²) >= 11 is 12.3. The van der Waals surface area contributed by atoms with E-state index in [1.807, 2.05) is 55.7 Å². The first kappa shape index (κ1) is 27.7. The fourth-order valence-corrected chi connectivity index (χ4v) is 5.63. The minimum atomic E-state index is -0.498. The van der Waals surface area contributed by atoms with Crippen LogP contribution in [0.1, 0.15) is 62.0 Å². The van der Waals surface area contributed by atoms with Crippen LogP contribution in [0.15, 0.2) is 66.7 Å². The van der Waals surface area contributed by atoms with Gasteiger partial charge in [-0.05, 0) is 94.3 Å². The van der Waals surface area contributed by atoms with Crippen molar-refractivity contribution in [1.82, 2.24) is 19.4 Å². The second-order valence-electron chi connectivity index (χ2n) is 10.2. The molecular formula is C32H30Cl2N4O2. The average Bonchev–Trinajstić information content (AvgIpc) is 3.42. The number of rotatable bonds is 7. The molecule has 0 saturated heterocycles. The van der Waals surface area contributed by atoms with Gasteiger partial charge >= 0.3 is 0 Å². The summed E-state index contributed by atoms with van der Waals surface area (Å²) in [5, 5.41) is 3.69. The van der Waals surface area contributed by atoms with E-state index in [9.17, 15) is 9.59 Å². The Bertz CT molecular complexity index is 1780. The molecule has 8 heteroatoms. The highest BCUT2D eigenvalue weighted by Crippen LogP contribution is 2.27. The van der Waals surface area contributed by atoms with Gasteiger partial charge in [0.25, 0.3) is 5.91 Å². The molecule has 204 valence electrons. The van der Waals surface area contributed by atoms with Crippen molar-refractivity contribution >= 4 is 45.9 Å². The molecule has 2 heterocycles. The highest BCUT2D eigenvalue weighted by molar-refractivity contribution is 6.36. The van der Waals surface area contributed by atoms with Crippen molar-refractivity contribution in [3.63, 3.8) is 0 Å². The van der Waals surface area contributed by atoms with Crippen LogP contribution >= 0.6 is 23.2 Å². The van der Waals surface area contributed by atoms with E-state index >= 15 is 0 Å². The number of fused-ring (bicyclic) bond motifs is 1. The van der Waals surface area contributed by atoms with Crippen molar-refractivity contribution in [1.29, 1.82) is 0 Å². The summed E-state index contributed by atoms with van der Waals surface area (Å²) in [6.07, 6.45) is 0. The van der Waals surface area contributed by atoms with E-state index in [0.717, 1.165) is 28.1 Å². The smallest absolute Gasteiger partial charge is 0.253 e. The van der Waals surface area contributed by atoms with Gasteiger partial charge in [0.2, 0.25) is 0 Å². The molecule has 0 saturated carbocycles. The second kappa shape index (κ2) is 11.0. The molecule has 6 nitrogen and oxygen atoms in total. The van der Waals surface area contributed by atoms with Gasteiger partial charge in [0, 0.05) is 27.7 Å². The van der Waals surface area contributed by atoms with E-state index in [1.54, 1.807) is 12.1 Å². The zero-order valence-corrected chi connectivity index (χ0v) is 24.6. The first-order valence-electron chi connectivity index (χ1n) is 13.1. The molecule has 0 bridgehead atoms. The molecule has 0 radical (unpaired) electrons. The number of imidazole rings is 1. The number of nitrogens with one attached hydrogen (secondary N) is 1. The highest BCUT2D eigenvalue weighted by atomic mass is 35.5. The van der Waals surface area contributed by atoms with Crippen molar-refractivity contribution in [2.75, 3.05) is 0 Å². The van der Waals surface area contributed by atoms with Gasteiger partial charge in [0.15, 0.2) is 5.78 Å². The maximum atomic E-state index is 13.8. The summed E-state index contributed by atoms with van der Waals surface area (Å²) in [4.78, 5) is 31.7. The normalized spacial score (nSPS) is 12.1. The van der Waals surface area contributed by atoms with Gasteiger partial charge in [-0.1, -0.05) is 41.4 Å². The van der Waals surface area contributed by atoms with Gasteiger partial charge in [-0.15, -0.1) is 0 Å². The summed E-state index contributed by atoms with van der Waals surface area (Å²) in [6.45, 7) is 10.1. The van der Waals surface area contributed by atoms with E-state index in [4.69, 9.17) is 28.2 Å². The number of nitrogens with zero attached hydrogens (tertiary/aromatic N) is 3. The van der Waals surface area contributed by atoms with Gasteiger partial charge in [0.05, 0.1) is 34.2 Å². The standard InChI is InChI=1S/C32H30Cl2N4O2/c1-18-10-12-24(14-19(18)2)38-20(3)15-26(22(38)5)30(39)17-37-29-9-7-6-8-28(29)36-31(37)21(4)35-32(40)25-13-11-23(33)16-27(25)34/h6-16,21H,17H2,1-5H3,(H,35,40)/t21-/m1/s1. The van der Waals surface area contributed by atoms with Crippen LogP contribution in [0.2, 0.25) is 10.0 Å². The fourth-order valence-electron chi connectivity index (χ4n) is 5.14. The molecule has 0 unspecified atom stereocenters. The molecule has 40 heavy (non-hydrogen) atoms. The lowest BCUT2D eigenvalue weighted by Crippen LogP contribution is -2.29. The first-order valence-corrected chi connectivity index (χ1v) is 13.8. The van der Waals surface area contributed by atoms with Crippen LogP contribution in [0, 0.1) is 27.7 Å². The Labute approximate surface area is 243 Å². The van der Waals surface area contributed by atoms with Crippen LogP contribution in [0.5, 0.6) is 0 Å². The number of aryl methyl sites for hydroxylation is 3. The number of amides is 1. The molecule has 5 aromatic rings. The SMILES string of the molecule is Cc1ccc(-n2c(C)cc(C(=O)Cn3c([C@@H](C)NC(=O)c4ccc(Cl)cc4Cl)nc4ccccc43)c2C)cc1C. The fraction of sp³-hybridized carbons (Fsp3) is 0.219. The first-order chi connectivity index (χ1) is 19.0. The number of carbonyl (C=O) groups is 2. The predicted molar refractivity (Wildman–Crippen MR) is 161 cm³/mol. The molecular weight excluding hydrogens is 543 g/mol. The third-order valence-electron chi connectivity index (χ3n) is 7.38. The third kappa shape index (κ3) is 5.17. The van der Waals surface area contributed by atoms with Gasteiger partial charge in [-0.2, -0.15) is 0 Å². The minimum Gasteiger partial charge on any atom is -0.342 e. The van der Waals surface area contributed by atoms with Crippen molar-refractivity contribution in [2.45, 2.75) is 47.2 Å². The lowest BCUT2D eigenvalue weighted by atomic mass is 10.1. The summed E-state index contributed by atoms with van der Waals surface area (Å²) in [5.41, 5.74) is 7.86. The Morgan fingerprint density at radius 2 is 1.65 bits per heavy atom. The maximum absolute atomic E-state index is 13.8. The van der Waals surface area contributed by atoms with Crippen LogP contribution in [-0.4, -0.2) is 25.8 Å². The molecule has 0 spiro atoms. The van der Waals surface area contributed by atoms with E-state index < -0.39 is 6.04 Å². The number of carbonyl (C=O) groups excluding carboxylic acids is 2. The van der Waals surface area contributed by atoms with Crippen LogP contribution in [0.25, 0.3) is 16.7 Å². The largest absolute Gasteiger partial charge is 0.342 e. The average molecular weight is 574 g/mol. The summed E-state index contributed by atoms with van der Waals surface area (Å²) in [7, 11) is 0. The molecule has 3 aromatic carbocycles. The Kier molecular flexibility index (Phi) is 7.58. The van der Waals surface area contributed by atoms with E-state index in [1.165, 1.54) is 17.2 Å². The molecule has 0 fully saturated rings. The van der Waals surface area contributed by atoms with Crippen molar-refractivity contribution in [3.8, 4) is 5.69 Å². The number of aromatic nitrogens is 3. The lowest BCUT2D eigenvalue weighted by molar-refractivity contribution is 0.0938. The summed E-state index contributed by atoms with van der Waals surface area (Å²) in [5.74, 6) is 0.193. The van der Waals surface area contributed by atoms with Crippen LogP contribution in [0.3, 0.4) is 0 Å². The van der Waals surface area contributed by atoms with E-state index in [2.05, 4.69) is 41.9 Å². The summed E-state index contributed by atoms with van der Waals surface area (Å²) < 4.78 is 4.00. The molecule has 0 aliphatic rings. The molecule has 1 atom stereocenters. The van der Waals surface area contributed by atoms with Gasteiger partial charge < -0.3 is 14.5 Å². The Balaban J connectivity index is 1.48. The van der Waals surface area contributed by atoms with E-state index in [0.29, 0.717) is 22.0 Å². The van der Waals surface area contributed by atoms with Crippen LogP contribution < -0.4 is 5.32 Å². The quantitative estimate of drug-likeness (QED) is 0.203. The van der Waals surface area contributed by atoms with Crippen LogP contribution in [-0.2, 0) is 6.54 Å². The topological polar surface area (TPSA) is 68.9 Å².